The fourth-order valence-corrected chi connectivity index (χ4v) is 2.61. The molecule has 0 atom stereocenters. The predicted molar refractivity (Wildman–Crippen MR) is 83.2 cm³/mol. The number of carbonyl (C=O) groups is 1. The van der Waals surface area contributed by atoms with Gasteiger partial charge in [0.2, 0.25) is 5.91 Å². The van der Waals surface area contributed by atoms with Crippen LogP contribution in [-0.2, 0) is 11.3 Å². The lowest BCUT2D eigenvalue weighted by Gasteiger charge is -2.08. The number of aromatic amines is 1. The summed E-state index contributed by atoms with van der Waals surface area (Å²) in [7, 11) is 0. The van der Waals surface area contributed by atoms with Gasteiger partial charge in [-0.25, -0.2) is 0 Å². The molecule has 0 unspecified atom stereocenters. The zero-order chi connectivity index (χ0) is 15.2. The van der Waals surface area contributed by atoms with Crippen LogP contribution in [0.15, 0.2) is 18.2 Å². The second-order valence-corrected chi connectivity index (χ2v) is 6.69. The average Bonchev–Trinajstić information content (AvgIpc) is 3.05. The Balaban J connectivity index is 1.79. The smallest absolute Gasteiger partial charge is 0.226 e. The van der Waals surface area contributed by atoms with Gasteiger partial charge in [-0.1, -0.05) is 20.8 Å². The minimum absolute atomic E-state index is 0.131. The van der Waals surface area contributed by atoms with Crippen molar-refractivity contribution in [2.45, 2.75) is 46.1 Å². The van der Waals surface area contributed by atoms with E-state index in [0.29, 0.717) is 12.3 Å². The molecule has 0 spiro atoms. The van der Waals surface area contributed by atoms with Gasteiger partial charge in [-0.05, 0) is 36.5 Å². The quantitative estimate of drug-likeness (QED) is 0.806. The van der Waals surface area contributed by atoms with E-state index in [1.165, 1.54) is 0 Å². The minimum atomic E-state index is -0.144. The standard InChI is InChI=1S/C17H22N2O2/c1-10(2)13-7-11-6-12(19-14(11)8-15(13)20)9-18-16(21)17(3)4-5-17/h6-8,10,19-20H,4-5,9H2,1-3H3,(H,18,21). The number of phenolic OH excluding ortho intramolecular Hbond substituents is 1. The third kappa shape index (κ3) is 2.62. The van der Waals surface area contributed by atoms with Crippen molar-refractivity contribution in [2.75, 3.05) is 0 Å². The molecule has 1 aromatic heterocycles. The van der Waals surface area contributed by atoms with Crippen molar-refractivity contribution in [3.63, 3.8) is 0 Å². The van der Waals surface area contributed by atoms with Gasteiger partial charge in [0.1, 0.15) is 5.75 Å². The van der Waals surface area contributed by atoms with E-state index in [0.717, 1.165) is 35.0 Å². The number of hydrogen-bond donors (Lipinski definition) is 3. The minimum Gasteiger partial charge on any atom is -0.508 e. The molecule has 112 valence electrons. The molecule has 4 nitrogen and oxygen atoms in total. The first kappa shape index (κ1) is 14.0. The van der Waals surface area contributed by atoms with Gasteiger partial charge < -0.3 is 15.4 Å². The van der Waals surface area contributed by atoms with Crippen LogP contribution in [0.5, 0.6) is 5.75 Å². The highest BCUT2D eigenvalue weighted by Crippen LogP contribution is 2.45. The fraction of sp³-hybridized carbons (Fsp3) is 0.471. The summed E-state index contributed by atoms with van der Waals surface area (Å²) in [5, 5.41) is 14.1. The number of aromatic nitrogens is 1. The Labute approximate surface area is 124 Å². The van der Waals surface area contributed by atoms with Crippen molar-refractivity contribution in [2.24, 2.45) is 5.41 Å². The molecule has 1 fully saturated rings. The van der Waals surface area contributed by atoms with Crippen LogP contribution >= 0.6 is 0 Å². The topological polar surface area (TPSA) is 65.1 Å². The van der Waals surface area contributed by atoms with E-state index in [4.69, 9.17) is 0 Å². The zero-order valence-electron chi connectivity index (χ0n) is 12.8. The van der Waals surface area contributed by atoms with Gasteiger partial charge in [0.05, 0.1) is 6.54 Å². The van der Waals surface area contributed by atoms with Crippen molar-refractivity contribution in [1.29, 1.82) is 0 Å². The lowest BCUT2D eigenvalue weighted by molar-refractivity contribution is -0.125. The molecular formula is C17H22N2O2. The molecule has 3 N–H and O–H groups in total. The van der Waals surface area contributed by atoms with Crippen LogP contribution in [0.1, 0.15) is 50.8 Å². The number of H-pyrrole nitrogens is 1. The predicted octanol–water partition coefficient (Wildman–Crippen LogP) is 3.41. The van der Waals surface area contributed by atoms with E-state index >= 15 is 0 Å². The Hall–Kier alpha value is -1.97. The summed E-state index contributed by atoms with van der Waals surface area (Å²) < 4.78 is 0. The van der Waals surface area contributed by atoms with Gasteiger partial charge in [0.25, 0.3) is 0 Å². The maximum Gasteiger partial charge on any atom is 0.226 e. The first-order valence-corrected chi connectivity index (χ1v) is 7.52. The Kier molecular flexibility index (Phi) is 3.19. The molecule has 0 aliphatic heterocycles. The summed E-state index contributed by atoms with van der Waals surface area (Å²) in [6.45, 7) is 6.62. The molecule has 1 saturated carbocycles. The molecule has 1 heterocycles. The van der Waals surface area contributed by atoms with E-state index < -0.39 is 0 Å². The van der Waals surface area contributed by atoms with Crippen molar-refractivity contribution < 1.29 is 9.90 Å². The number of fused-ring (bicyclic) bond motifs is 1. The second kappa shape index (κ2) is 4.79. The molecule has 0 radical (unpaired) electrons. The molecule has 0 saturated heterocycles. The Morgan fingerprint density at radius 3 is 2.71 bits per heavy atom. The van der Waals surface area contributed by atoms with E-state index in [1.54, 1.807) is 6.07 Å². The molecule has 1 amide bonds. The molecule has 0 bridgehead atoms. The van der Waals surface area contributed by atoms with Crippen molar-refractivity contribution in [1.82, 2.24) is 10.3 Å². The highest BCUT2D eigenvalue weighted by atomic mass is 16.3. The van der Waals surface area contributed by atoms with Crippen LogP contribution in [0.4, 0.5) is 0 Å². The number of nitrogens with one attached hydrogen (secondary N) is 2. The third-order valence-electron chi connectivity index (χ3n) is 4.43. The van der Waals surface area contributed by atoms with Gasteiger partial charge in [-0.15, -0.1) is 0 Å². The lowest BCUT2D eigenvalue weighted by atomic mass is 10.0. The zero-order valence-corrected chi connectivity index (χ0v) is 12.8. The van der Waals surface area contributed by atoms with Gasteiger partial charge in [0, 0.05) is 28.1 Å². The van der Waals surface area contributed by atoms with Crippen LogP contribution in [0.3, 0.4) is 0 Å². The molecule has 4 heteroatoms. The number of aromatic hydroxyl groups is 1. The van der Waals surface area contributed by atoms with Gasteiger partial charge in [-0.3, -0.25) is 4.79 Å². The summed E-state index contributed by atoms with van der Waals surface area (Å²) in [6.07, 6.45) is 1.97. The summed E-state index contributed by atoms with van der Waals surface area (Å²) >= 11 is 0. The van der Waals surface area contributed by atoms with E-state index in [2.05, 4.69) is 24.1 Å². The molecule has 21 heavy (non-hydrogen) atoms. The molecule has 2 aromatic rings. The van der Waals surface area contributed by atoms with Crippen molar-refractivity contribution in [3.8, 4) is 5.75 Å². The van der Waals surface area contributed by atoms with Crippen molar-refractivity contribution in [3.05, 3.63) is 29.5 Å². The number of hydrogen-bond acceptors (Lipinski definition) is 2. The Bertz CT molecular complexity index is 696. The number of carbonyl (C=O) groups excluding carboxylic acids is 1. The lowest BCUT2D eigenvalue weighted by Crippen LogP contribution is -2.29. The largest absolute Gasteiger partial charge is 0.508 e. The van der Waals surface area contributed by atoms with E-state index in [1.807, 2.05) is 19.1 Å². The van der Waals surface area contributed by atoms with Crippen LogP contribution in [0.25, 0.3) is 10.9 Å². The van der Waals surface area contributed by atoms with Crippen LogP contribution in [0.2, 0.25) is 0 Å². The normalized spacial score (nSPS) is 16.4. The van der Waals surface area contributed by atoms with E-state index in [9.17, 15) is 9.90 Å². The summed E-state index contributed by atoms with van der Waals surface area (Å²) in [5.41, 5.74) is 2.67. The number of amides is 1. The SMILES string of the molecule is CC(C)c1cc2cc(CNC(=O)C3(C)CC3)[nH]c2cc1O. The highest BCUT2D eigenvalue weighted by molar-refractivity contribution is 5.85. The first-order chi connectivity index (χ1) is 9.89. The maximum absolute atomic E-state index is 11.9. The maximum atomic E-state index is 11.9. The molecule has 1 aliphatic rings. The van der Waals surface area contributed by atoms with Crippen LogP contribution in [0, 0.1) is 5.41 Å². The first-order valence-electron chi connectivity index (χ1n) is 7.52. The number of benzene rings is 1. The molecule has 1 aliphatic carbocycles. The van der Waals surface area contributed by atoms with E-state index in [-0.39, 0.29) is 17.2 Å². The second-order valence-electron chi connectivity index (χ2n) is 6.69. The number of rotatable bonds is 4. The Morgan fingerprint density at radius 1 is 1.38 bits per heavy atom. The average molecular weight is 286 g/mol. The van der Waals surface area contributed by atoms with Crippen molar-refractivity contribution >= 4 is 16.8 Å². The summed E-state index contributed by atoms with van der Waals surface area (Å²) in [6, 6.07) is 5.81. The summed E-state index contributed by atoms with van der Waals surface area (Å²) in [5.74, 6) is 0.731. The molecule has 1 aromatic carbocycles. The van der Waals surface area contributed by atoms with Crippen LogP contribution in [-0.4, -0.2) is 16.0 Å². The van der Waals surface area contributed by atoms with Gasteiger partial charge >= 0.3 is 0 Å². The third-order valence-corrected chi connectivity index (χ3v) is 4.43. The van der Waals surface area contributed by atoms with Gasteiger partial charge in [-0.2, -0.15) is 0 Å². The fourth-order valence-electron chi connectivity index (χ4n) is 2.61. The summed E-state index contributed by atoms with van der Waals surface area (Å²) in [4.78, 5) is 15.2. The van der Waals surface area contributed by atoms with Crippen LogP contribution < -0.4 is 5.32 Å². The van der Waals surface area contributed by atoms with Gasteiger partial charge in [0.15, 0.2) is 0 Å². The monoisotopic (exact) mass is 286 g/mol. The number of phenols is 1. The molecular weight excluding hydrogens is 264 g/mol. The highest BCUT2D eigenvalue weighted by Gasteiger charge is 2.44. The Morgan fingerprint density at radius 2 is 2.10 bits per heavy atom. The molecule has 3 rings (SSSR count).